The predicted octanol–water partition coefficient (Wildman–Crippen LogP) is 1.85. The van der Waals surface area contributed by atoms with Crippen molar-refractivity contribution in [2.75, 3.05) is 0 Å². The van der Waals surface area contributed by atoms with Crippen molar-refractivity contribution in [1.29, 1.82) is 0 Å². The van der Waals surface area contributed by atoms with Crippen LogP contribution in [0.1, 0.15) is 17.8 Å². The highest BCUT2D eigenvalue weighted by atomic mass is 35.5. The summed E-state index contributed by atoms with van der Waals surface area (Å²) in [5.41, 5.74) is 0. The van der Waals surface area contributed by atoms with E-state index in [1.54, 1.807) is 19.1 Å². The van der Waals surface area contributed by atoms with Gasteiger partial charge in [0.1, 0.15) is 12.0 Å². The molecule has 0 radical (unpaired) electrons. The van der Waals surface area contributed by atoms with Gasteiger partial charge in [0.2, 0.25) is 11.9 Å². The summed E-state index contributed by atoms with van der Waals surface area (Å²) in [6, 6.07) is 1.91. The number of carbonyl (C=O) groups is 1. The van der Waals surface area contributed by atoms with Crippen LogP contribution in [0, 0.1) is 16.0 Å². The van der Waals surface area contributed by atoms with Crippen LogP contribution in [0.5, 0.6) is 0 Å². The van der Waals surface area contributed by atoms with E-state index in [1.165, 1.54) is 11.3 Å². The molecule has 1 amide bonds. The molecule has 7 heteroatoms. The van der Waals surface area contributed by atoms with Crippen molar-refractivity contribution < 1.29 is 9.72 Å². The molecule has 1 fully saturated rings. The molecule has 0 aliphatic carbocycles. The Balaban J connectivity index is 2.33. The quantitative estimate of drug-likeness (QED) is 0.652. The van der Waals surface area contributed by atoms with Gasteiger partial charge in [-0.05, 0) is 19.1 Å². The fourth-order valence-corrected chi connectivity index (χ4v) is 3.01. The van der Waals surface area contributed by atoms with Gasteiger partial charge in [0.25, 0.3) is 0 Å². The van der Waals surface area contributed by atoms with Crippen molar-refractivity contribution in [1.82, 2.24) is 5.32 Å². The van der Waals surface area contributed by atoms with Crippen molar-refractivity contribution in [3.8, 4) is 0 Å². The summed E-state index contributed by atoms with van der Waals surface area (Å²) in [7, 11) is 0. The van der Waals surface area contributed by atoms with Crippen LogP contribution in [-0.4, -0.2) is 16.9 Å². The first-order valence-corrected chi connectivity index (χ1v) is 5.89. The molecule has 1 N–H and O–H groups in total. The standard InChI is InChI=1S/C9H9ClN2O3S/c1-4-8(12(14)15)7(11-9(4)13)5-2-3-6(10)16-5/h2-4,7-8H,1H3,(H,11,13)/t4-,7?,8-/m0/s1. The number of hydrogen-bond donors (Lipinski definition) is 1. The Kier molecular flexibility index (Phi) is 2.86. The Morgan fingerprint density at radius 2 is 2.25 bits per heavy atom. The number of rotatable bonds is 2. The topological polar surface area (TPSA) is 72.2 Å². The Morgan fingerprint density at radius 3 is 2.75 bits per heavy atom. The lowest BCUT2D eigenvalue weighted by Crippen LogP contribution is -2.29. The van der Waals surface area contributed by atoms with Crippen LogP contribution in [0.2, 0.25) is 4.34 Å². The zero-order valence-electron chi connectivity index (χ0n) is 8.34. The van der Waals surface area contributed by atoms with Gasteiger partial charge >= 0.3 is 0 Å². The molecule has 2 rings (SSSR count). The van der Waals surface area contributed by atoms with E-state index in [9.17, 15) is 14.9 Å². The van der Waals surface area contributed by atoms with E-state index in [1.807, 2.05) is 0 Å². The number of nitro groups is 1. The van der Waals surface area contributed by atoms with Gasteiger partial charge in [0.05, 0.1) is 4.34 Å². The molecular formula is C9H9ClN2O3S. The molecule has 1 aromatic rings. The van der Waals surface area contributed by atoms with Crippen LogP contribution in [0.3, 0.4) is 0 Å². The fraction of sp³-hybridized carbons (Fsp3) is 0.444. The third kappa shape index (κ3) is 1.78. The molecule has 2 heterocycles. The van der Waals surface area contributed by atoms with Crippen LogP contribution in [0.4, 0.5) is 0 Å². The summed E-state index contributed by atoms with van der Waals surface area (Å²) in [5.74, 6) is -0.892. The molecule has 1 saturated heterocycles. The smallest absolute Gasteiger partial charge is 0.249 e. The highest BCUT2D eigenvalue weighted by molar-refractivity contribution is 7.16. The van der Waals surface area contributed by atoms with E-state index in [2.05, 4.69) is 5.32 Å². The molecule has 1 aromatic heterocycles. The molecule has 5 nitrogen and oxygen atoms in total. The first kappa shape index (κ1) is 11.3. The third-order valence-electron chi connectivity index (χ3n) is 2.71. The maximum atomic E-state index is 11.4. The molecule has 1 aliphatic rings. The SMILES string of the molecule is C[C@@H]1C(=O)NC(c2ccc(Cl)s2)[C@H]1[N+](=O)[O-]. The van der Waals surface area contributed by atoms with Crippen molar-refractivity contribution in [2.24, 2.45) is 5.92 Å². The van der Waals surface area contributed by atoms with Crippen LogP contribution >= 0.6 is 22.9 Å². The summed E-state index contributed by atoms with van der Waals surface area (Å²) in [6.07, 6.45) is 0. The average molecular weight is 261 g/mol. The average Bonchev–Trinajstić information content (AvgIpc) is 2.73. The second kappa shape index (κ2) is 4.03. The van der Waals surface area contributed by atoms with Gasteiger partial charge in [-0.1, -0.05) is 11.6 Å². The van der Waals surface area contributed by atoms with E-state index in [4.69, 9.17) is 11.6 Å². The molecule has 1 unspecified atom stereocenters. The minimum absolute atomic E-state index is 0.281. The van der Waals surface area contributed by atoms with Crippen molar-refractivity contribution in [3.05, 3.63) is 31.5 Å². The molecule has 0 saturated carbocycles. The lowest BCUT2D eigenvalue weighted by molar-refractivity contribution is -0.530. The van der Waals surface area contributed by atoms with E-state index in [0.717, 1.165) is 4.88 Å². The van der Waals surface area contributed by atoms with Crippen LogP contribution in [0.25, 0.3) is 0 Å². The maximum Gasteiger partial charge on any atom is 0.249 e. The highest BCUT2D eigenvalue weighted by Crippen LogP contribution is 2.35. The van der Waals surface area contributed by atoms with Gasteiger partial charge in [-0.15, -0.1) is 11.3 Å². The van der Waals surface area contributed by atoms with E-state index >= 15 is 0 Å². The molecule has 3 atom stereocenters. The first-order chi connectivity index (χ1) is 7.50. The summed E-state index contributed by atoms with van der Waals surface area (Å²) in [4.78, 5) is 22.7. The lowest BCUT2D eigenvalue weighted by Gasteiger charge is -2.11. The second-order valence-corrected chi connectivity index (χ2v) is 5.44. The Bertz CT molecular complexity index is 448. The zero-order chi connectivity index (χ0) is 11.9. The van der Waals surface area contributed by atoms with Gasteiger partial charge in [-0.2, -0.15) is 0 Å². The van der Waals surface area contributed by atoms with Crippen molar-refractivity contribution in [2.45, 2.75) is 19.0 Å². The summed E-state index contributed by atoms with van der Waals surface area (Å²) >= 11 is 7.03. The van der Waals surface area contributed by atoms with Crippen molar-refractivity contribution in [3.63, 3.8) is 0 Å². The van der Waals surface area contributed by atoms with Gasteiger partial charge in [-0.25, -0.2) is 0 Å². The number of hydrogen-bond acceptors (Lipinski definition) is 4. The minimum Gasteiger partial charge on any atom is -0.341 e. The molecule has 1 aliphatic heterocycles. The predicted molar refractivity (Wildman–Crippen MR) is 60.2 cm³/mol. The van der Waals surface area contributed by atoms with Gasteiger partial charge < -0.3 is 5.32 Å². The van der Waals surface area contributed by atoms with Crippen LogP contribution in [-0.2, 0) is 4.79 Å². The molecule has 0 bridgehead atoms. The number of nitrogens with one attached hydrogen (secondary N) is 1. The molecule has 16 heavy (non-hydrogen) atoms. The Morgan fingerprint density at radius 1 is 1.56 bits per heavy atom. The third-order valence-corrected chi connectivity index (χ3v) is 4.02. The number of nitrogens with zero attached hydrogens (tertiary/aromatic N) is 1. The van der Waals surface area contributed by atoms with Crippen LogP contribution < -0.4 is 5.32 Å². The first-order valence-electron chi connectivity index (χ1n) is 4.70. The minimum atomic E-state index is -0.915. The summed E-state index contributed by atoms with van der Waals surface area (Å²) in [5, 5.41) is 13.6. The number of carbonyl (C=O) groups excluding carboxylic acids is 1. The maximum absolute atomic E-state index is 11.4. The van der Waals surface area contributed by atoms with E-state index in [0.29, 0.717) is 4.34 Å². The summed E-state index contributed by atoms with van der Waals surface area (Å²) < 4.78 is 0.561. The van der Waals surface area contributed by atoms with Crippen LogP contribution in [0.15, 0.2) is 12.1 Å². The van der Waals surface area contributed by atoms with Gasteiger partial charge in [0, 0.05) is 9.80 Å². The largest absolute Gasteiger partial charge is 0.341 e. The lowest BCUT2D eigenvalue weighted by atomic mass is 10.00. The number of amides is 1. The molecule has 0 aromatic carbocycles. The number of thiophene rings is 1. The molecular weight excluding hydrogens is 252 g/mol. The van der Waals surface area contributed by atoms with E-state index in [-0.39, 0.29) is 5.91 Å². The normalized spacial score (nSPS) is 29.1. The second-order valence-electron chi connectivity index (χ2n) is 3.69. The van der Waals surface area contributed by atoms with Gasteiger partial charge in [0.15, 0.2) is 0 Å². The zero-order valence-corrected chi connectivity index (χ0v) is 9.92. The van der Waals surface area contributed by atoms with E-state index < -0.39 is 22.9 Å². The Labute approximate surface area is 101 Å². The van der Waals surface area contributed by atoms with Gasteiger partial charge in [-0.3, -0.25) is 14.9 Å². The van der Waals surface area contributed by atoms with Crippen molar-refractivity contribution >= 4 is 28.8 Å². The fourth-order valence-electron chi connectivity index (χ4n) is 1.85. The Hall–Kier alpha value is -1.14. The monoisotopic (exact) mass is 260 g/mol. The highest BCUT2D eigenvalue weighted by Gasteiger charge is 2.49. The number of halogens is 1. The summed E-state index contributed by atoms with van der Waals surface area (Å²) in [6.45, 7) is 1.57. The molecule has 0 spiro atoms. The molecule has 86 valence electrons.